The lowest BCUT2D eigenvalue weighted by molar-refractivity contribution is -0.114. The van der Waals surface area contributed by atoms with Crippen LogP contribution in [0.25, 0.3) is 0 Å². The zero-order chi connectivity index (χ0) is 9.90. The summed E-state index contributed by atoms with van der Waals surface area (Å²) in [5.41, 5.74) is 5.62. The van der Waals surface area contributed by atoms with Gasteiger partial charge in [-0.25, -0.2) is 0 Å². The molecule has 0 bridgehead atoms. The van der Waals surface area contributed by atoms with Crippen LogP contribution in [-0.2, 0) is 14.6 Å². The molecule has 0 radical (unpaired) electrons. The molecule has 0 spiro atoms. The lowest BCUT2D eigenvalue weighted by Crippen LogP contribution is -2.13. The summed E-state index contributed by atoms with van der Waals surface area (Å²) in [5.74, 6) is -0.863. The van der Waals surface area contributed by atoms with Crippen LogP contribution >= 0.6 is 0 Å². The summed E-state index contributed by atoms with van der Waals surface area (Å²) in [6, 6.07) is 0. The van der Waals surface area contributed by atoms with Crippen molar-refractivity contribution in [3.05, 3.63) is 11.6 Å². The van der Waals surface area contributed by atoms with Crippen molar-refractivity contribution in [2.75, 3.05) is 0 Å². The van der Waals surface area contributed by atoms with Gasteiger partial charge in [0.25, 0.3) is 0 Å². The van der Waals surface area contributed by atoms with E-state index in [1.165, 1.54) is 0 Å². The fourth-order valence-electron chi connectivity index (χ4n) is 1.10. The maximum Gasteiger partial charge on any atom is 0.244 e. The van der Waals surface area contributed by atoms with Gasteiger partial charge in [0.15, 0.2) is 0 Å². The van der Waals surface area contributed by atoms with Gasteiger partial charge in [-0.05, 0) is 6.92 Å². The molecule has 4 heteroatoms. The third kappa shape index (κ3) is 2.82. The van der Waals surface area contributed by atoms with E-state index in [1.807, 2.05) is 0 Å². The standard InChI is InChI=1S/C9H15NO3/c1-3-5-9(12-13-9)6-4-7(2)8(10)11/h4H,3,5-6H2,1-2H3,(H2,10,11). The van der Waals surface area contributed by atoms with E-state index in [4.69, 9.17) is 15.5 Å². The number of hydrogen-bond donors (Lipinski definition) is 1. The second kappa shape index (κ2) is 3.89. The number of amides is 1. The van der Waals surface area contributed by atoms with E-state index in [1.54, 1.807) is 13.0 Å². The Hall–Kier alpha value is -0.870. The van der Waals surface area contributed by atoms with Crippen LogP contribution in [0.5, 0.6) is 0 Å². The highest BCUT2D eigenvalue weighted by atomic mass is 17.4. The SMILES string of the molecule is CCCC1(CC=C(C)C(N)=O)OO1. The summed E-state index contributed by atoms with van der Waals surface area (Å²) in [6.07, 6.45) is 4.18. The van der Waals surface area contributed by atoms with Crippen molar-refractivity contribution >= 4 is 5.91 Å². The molecule has 1 rings (SSSR count). The molecule has 1 aliphatic heterocycles. The molecule has 0 aliphatic carbocycles. The van der Waals surface area contributed by atoms with Crippen LogP contribution in [0.3, 0.4) is 0 Å². The highest BCUT2D eigenvalue weighted by Gasteiger charge is 2.46. The van der Waals surface area contributed by atoms with Crippen LogP contribution in [0.2, 0.25) is 0 Å². The molecule has 1 fully saturated rings. The van der Waals surface area contributed by atoms with Crippen molar-refractivity contribution in [2.24, 2.45) is 5.73 Å². The normalized spacial score (nSPS) is 20.0. The Labute approximate surface area is 77.6 Å². The van der Waals surface area contributed by atoms with Gasteiger partial charge in [0, 0.05) is 18.4 Å². The van der Waals surface area contributed by atoms with Gasteiger partial charge in [-0.3, -0.25) is 4.79 Å². The summed E-state index contributed by atoms with van der Waals surface area (Å²) in [7, 11) is 0. The second-order valence-electron chi connectivity index (χ2n) is 3.28. The van der Waals surface area contributed by atoms with Crippen molar-refractivity contribution in [1.82, 2.24) is 0 Å². The van der Waals surface area contributed by atoms with Crippen molar-refractivity contribution in [3.63, 3.8) is 0 Å². The molecule has 1 aliphatic rings. The van der Waals surface area contributed by atoms with Crippen molar-refractivity contribution < 1.29 is 14.6 Å². The molecule has 13 heavy (non-hydrogen) atoms. The maximum atomic E-state index is 10.7. The van der Waals surface area contributed by atoms with Crippen LogP contribution in [0, 0.1) is 0 Å². The first kappa shape index (κ1) is 10.2. The number of carbonyl (C=O) groups is 1. The first-order valence-corrected chi connectivity index (χ1v) is 4.43. The number of carbonyl (C=O) groups excluding carboxylic acids is 1. The Kier molecular flexibility index (Phi) is 3.06. The summed E-state index contributed by atoms with van der Waals surface area (Å²) in [4.78, 5) is 20.4. The topological polar surface area (TPSA) is 68.2 Å². The summed E-state index contributed by atoms with van der Waals surface area (Å²) < 4.78 is 0. The van der Waals surface area contributed by atoms with Gasteiger partial charge >= 0.3 is 0 Å². The Bertz CT molecular complexity index is 231. The summed E-state index contributed by atoms with van der Waals surface area (Å²) >= 11 is 0. The zero-order valence-corrected chi connectivity index (χ0v) is 8.00. The Balaban J connectivity index is 2.41. The van der Waals surface area contributed by atoms with E-state index >= 15 is 0 Å². The van der Waals surface area contributed by atoms with Crippen molar-refractivity contribution in [3.8, 4) is 0 Å². The Morgan fingerprint density at radius 3 is 2.54 bits per heavy atom. The van der Waals surface area contributed by atoms with Gasteiger partial charge in [-0.2, -0.15) is 9.78 Å². The molecule has 0 saturated carbocycles. The molecule has 74 valence electrons. The van der Waals surface area contributed by atoms with Gasteiger partial charge in [-0.1, -0.05) is 19.4 Å². The third-order valence-corrected chi connectivity index (χ3v) is 2.06. The predicted octanol–water partition coefficient (Wildman–Crippen LogP) is 1.27. The molecule has 1 amide bonds. The highest BCUT2D eigenvalue weighted by Crippen LogP contribution is 2.38. The molecule has 4 nitrogen and oxygen atoms in total. The quantitative estimate of drug-likeness (QED) is 0.398. The summed E-state index contributed by atoms with van der Waals surface area (Å²) in [5, 5.41) is 0. The van der Waals surface area contributed by atoms with Crippen molar-refractivity contribution in [1.29, 1.82) is 0 Å². The monoisotopic (exact) mass is 185 g/mol. The summed E-state index contributed by atoms with van der Waals surface area (Å²) in [6.45, 7) is 3.74. The molecule has 2 N–H and O–H groups in total. The van der Waals surface area contributed by atoms with E-state index in [0.717, 1.165) is 12.8 Å². The number of primary amides is 1. The van der Waals surface area contributed by atoms with Gasteiger partial charge < -0.3 is 5.73 Å². The fraction of sp³-hybridized carbons (Fsp3) is 0.667. The molecule has 0 aromatic rings. The largest absolute Gasteiger partial charge is 0.366 e. The smallest absolute Gasteiger partial charge is 0.244 e. The van der Waals surface area contributed by atoms with Crippen LogP contribution in [0.4, 0.5) is 0 Å². The Morgan fingerprint density at radius 2 is 2.15 bits per heavy atom. The van der Waals surface area contributed by atoms with Crippen molar-refractivity contribution in [2.45, 2.75) is 38.9 Å². The molecular formula is C9H15NO3. The second-order valence-corrected chi connectivity index (χ2v) is 3.28. The number of nitrogens with two attached hydrogens (primary N) is 1. The fourth-order valence-corrected chi connectivity index (χ4v) is 1.10. The lowest BCUT2D eigenvalue weighted by Gasteiger charge is -2.01. The third-order valence-electron chi connectivity index (χ3n) is 2.06. The first-order valence-electron chi connectivity index (χ1n) is 4.43. The van der Waals surface area contributed by atoms with Gasteiger partial charge in [0.05, 0.1) is 0 Å². The van der Waals surface area contributed by atoms with E-state index in [2.05, 4.69) is 6.92 Å². The molecule has 0 aromatic carbocycles. The molecular weight excluding hydrogens is 170 g/mol. The van der Waals surface area contributed by atoms with Crippen LogP contribution in [0.15, 0.2) is 11.6 Å². The highest BCUT2D eigenvalue weighted by molar-refractivity contribution is 5.91. The van der Waals surface area contributed by atoms with Crippen LogP contribution in [0.1, 0.15) is 33.1 Å². The Morgan fingerprint density at radius 1 is 1.54 bits per heavy atom. The minimum Gasteiger partial charge on any atom is -0.366 e. The minimum absolute atomic E-state index is 0.396. The van der Waals surface area contributed by atoms with Gasteiger partial charge in [-0.15, -0.1) is 0 Å². The first-order chi connectivity index (χ1) is 6.09. The molecule has 1 saturated heterocycles. The van der Waals surface area contributed by atoms with E-state index in [0.29, 0.717) is 12.0 Å². The average molecular weight is 185 g/mol. The lowest BCUT2D eigenvalue weighted by atomic mass is 10.1. The van der Waals surface area contributed by atoms with Crippen LogP contribution < -0.4 is 5.73 Å². The molecule has 0 unspecified atom stereocenters. The zero-order valence-electron chi connectivity index (χ0n) is 8.00. The van der Waals surface area contributed by atoms with E-state index < -0.39 is 11.7 Å². The number of hydrogen-bond acceptors (Lipinski definition) is 3. The maximum absolute atomic E-state index is 10.7. The molecule has 0 atom stereocenters. The molecule has 0 aromatic heterocycles. The average Bonchev–Trinajstić information content (AvgIpc) is 2.82. The van der Waals surface area contributed by atoms with E-state index in [-0.39, 0.29) is 0 Å². The predicted molar refractivity (Wildman–Crippen MR) is 47.4 cm³/mol. The number of rotatable bonds is 5. The van der Waals surface area contributed by atoms with Crippen LogP contribution in [-0.4, -0.2) is 11.7 Å². The van der Waals surface area contributed by atoms with Gasteiger partial charge in [0.2, 0.25) is 11.7 Å². The minimum atomic E-state index is -0.467. The van der Waals surface area contributed by atoms with E-state index in [9.17, 15) is 4.79 Å². The van der Waals surface area contributed by atoms with Gasteiger partial charge in [0.1, 0.15) is 0 Å². The molecule has 1 heterocycles.